The zero-order chi connectivity index (χ0) is 16.0. The highest BCUT2D eigenvalue weighted by atomic mass is 19.2. The molecule has 0 heterocycles. The third kappa shape index (κ3) is 5.55. The predicted molar refractivity (Wildman–Crippen MR) is 68.1 cm³/mol. The molecule has 0 saturated carbocycles. The predicted octanol–water partition coefficient (Wildman–Crippen LogP) is 0.342. The molecule has 0 bridgehead atoms. The summed E-state index contributed by atoms with van der Waals surface area (Å²) in [7, 11) is 0. The quantitative estimate of drug-likeness (QED) is 0.674. The van der Waals surface area contributed by atoms with Gasteiger partial charge in [-0.1, -0.05) is 6.07 Å². The molecule has 0 fully saturated rings. The van der Waals surface area contributed by atoms with Crippen LogP contribution < -0.4 is 11.1 Å². The fourth-order valence-corrected chi connectivity index (χ4v) is 1.62. The summed E-state index contributed by atoms with van der Waals surface area (Å²) in [5.74, 6) is -4.81. The number of benzene rings is 1. The van der Waals surface area contributed by atoms with Crippen molar-refractivity contribution in [1.82, 2.24) is 5.32 Å². The first-order valence-corrected chi connectivity index (χ1v) is 6.04. The van der Waals surface area contributed by atoms with Gasteiger partial charge in [-0.3, -0.25) is 9.59 Å². The smallest absolute Gasteiger partial charge is 0.326 e. The second kappa shape index (κ2) is 7.32. The Morgan fingerprint density at radius 2 is 1.90 bits per heavy atom. The molecule has 21 heavy (non-hydrogen) atoms. The molecule has 1 aromatic carbocycles. The molecule has 4 N–H and O–H groups in total. The third-order valence-electron chi connectivity index (χ3n) is 2.66. The first kappa shape index (κ1) is 16.5. The highest BCUT2D eigenvalue weighted by Crippen LogP contribution is 2.09. The zero-order valence-corrected chi connectivity index (χ0v) is 10.9. The van der Waals surface area contributed by atoms with Crippen LogP contribution in [0, 0.1) is 11.6 Å². The lowest BCUT2D eigenvalue weighted by Gasteiger charge is -2.13. The van der Waals surface area contributed by atoms with Crippen molar-refractivity contribution in [2.45, 2.75) is 25.3 Å². The van der Waals surface area contributed by atoms with Crippen LogP contribution in [-0.2, 0) is 20.8 Å². The van der Waals surface area contributed by atoms with Gasteiger partial charge in [-0.15, -0.1) is 0 Å². The van der Waals surface area contributed by atoms with Gasteiger partial charge in [-0.25, -0.2) is 13.6 Å². The molecule has 1 aromatic rings. The van der Waals surface area contributed by atoms with Gasteiger partial charge in [0.2, 0.25) is 11.8 Å². The van der Waals surface area contributed by atoms with Crippen LogP contribution >= 0.6 is 0 Å². The van der Waals surface area contributed by atoms with E-state index in [-0.39, 0.29) is 24.8 Å². The number of rotatable bonds is 7. The second-order valence-electron chi connectivity index (χ2n) is 4.39. The summed E-state index contributed by atoms with van der Waals surface area (Å²) in [6, 6.07) is 1.68. The van der Waals surface area contributed by atoms with Crippen molar-refractivity contribution in [1.29, 1.82) is 0 Å². The van der Waals surface area contributed by atoms with Crippen LogP contribution in [0.5, 0.6) is 0 Å². The van der Waals surface area contributed by atoms with Crippen molar-refractivity contribution in [2.75, 3.05) is 0 Å². The number of aliphatic carboxylic acids is 1. The van der Waals surface area contributed by atoms with E-state index in [2.05, 4.69) is 5.32 Å². The Balaban J connectivity index is 2.62. The first-order valence-electron chi connectivity index (χ1n) is 6.04. The Bertz CT molecular complexity index is 563. The summed E-state index contributed by atoms with van der Waals surface area (Å²) in [5, 5.41) is 11.1. The number of hydrogen-bond donors (Lipinski definition) is 3. The maximum Gasteiger partial charge on any atom is 0.326 e. The summed E-state index contributed by atoms with van der Waals surface area (Å²) >= 11 is 0. The van der Waals surface area contributed by atoms with Gasteiger partial charge >= 0.3 is 5.97 Å². The number of primary amides is 1. The number of hydrogen-bond acceptors (Lipinski definition) is 3. The minimum absolute atomic E-state index is 0.145. The van der Waals surface area contributed by atoms with Crippen LogP contribution in [0.15, 0.2) is 18.2 Å². The second-order valence-corrected chi connectivity index (χ2v) is 4.39. The average molecular weight is 300 g/mol. The molecule has 0 saturated heterocycles. The molecule has 1 rings (SSSR count). The minimum atomic E-state index is -1.31. The SMILES string of the molecule is NC(=O)CCC(NC(=O)Cc1ccc(F)c(F)c1)C(=O)O. The standard InChI is InChI=1S/C13H14F2N2O4/c14-8-2-1-7(5-9(8)15)6-12(19)17-10(13(20)21)3-4-11(16)18/h1-2,5,10H,3-4,6H2,(H2,16,18)(H,17,19)(H,20,21). The summed E-state index contributed by atoms with van der Waals surface area (Å²) in [6.45, 7) is 0. The molecule has 1 unspecified atom stereocenters. The number of halogens is 2. The van der Waals surface area contributed by atoms with Gasteiger partial charge in [0.1, 0.15) is 6.04 Å². The van der Waals surface area contributed by atoms with Crippen molar-refractivity contribution in [2.24, 2.45) is 5.73 Å². The molecule has 2 amide bonds. The van der Waals surface area contributed by atoms with Crippen molar-refractivity contribution in [3.05, 3.63) is 35.4 Å². The van der Waals surface area contributed by atoms with E-state index in [0.29, 0.717) is 0 Å². The van der Waals surface area contributed by atoms with E-state index in [1.807, 2.05) is 0 Å². The molecule has 6 nitrogen and oxygen atoms in total. The van der Waals surface area contributed by atoms with Gasteiger partial charge in [0.15, 0.2) is 11.6 Å². The molecule has 0 aliphatic carbocycles. The van der Waals surface area contributed by atoms with Crippen LogP contribution in [-0.4, -0.2) is 28.9 Å². The number of carbonyl (C=O) groups excluding carboxylic acids is 2. The van der Waals surface area contributed by atoms with E-state index in [4.69, 9.17) is 10.8 Å². The van der Waals surface area contributed by atoms with Crippen LogP contribution in [0.25, 0.3) is 0 Å². The Morgan fingerprint density at radius 1 is 1.24 bits per heavy atom. The number of nitrogens with one attached hydrogen (secondary N) is 1. The minimum Gasteiger partial charge on any atom is -0.480 e. The van der Waals surface area contributed by atoms with Gasteiger partial charge in [0.05, 0.1) is 6.42 Å². The van der Waals surface area contributed by atoms with Gasteiger partial charge in [0.25, 0.3) is 0 Å². The lowest BCUT2D eigenvalue weighted by Crippen LogP contribution is -2.42. The van der Waals surface area contributed by atoms with E-state index >= 15 is 0 Å². The van der Waals surface area contributed by atoms with Crippen LogP contribution in [0.2, 0.25) is 0 Å². The molecule has 1 atom stereocenters. The summed E-state index contributed by atoms with van der Waals surface area (Å²) in [6.07, 6.45) is -0.645. The van der Waals surface area contributed by atoms with E-state index in [1.165, 1.54) is 6.07 Å². The molecule has 0 radical (unpaired) electrons. The van der Waals surface area contributed by atoms with Crippen LogP contribution in [0.3, 0.4) is 0 Å². The highest BCUT2D eigenvalue weighted by molar-refractivity contribution is 5.85. The van der Waals surface area contributed by atoms with Crippen molar-refractivity contribution in [3.63, 3.8) is 0 Å². The highest BCUT2D eigenvalue weighted by Gasteiger charge is 2.20. The van der Waals surface area contributed by atoms with Gasteiger partial charge in [-0.05, 0) is 24.1 Å². The fourth-order valence-electron chi connectivity index (χ4n) is 1.62. The Labute approximate surface area is 118 Å². The van der Waals surface area contributed by atoms with Crippen molar-refractivity contribution in [3.8, 4) is 0 Å². The number of amides is 2. The maximum atomic E-state index is 13.0. The van der Waals surface area contributed by atoms with E-state index in [1.54, 1.807) is 0 Å². The topological polar surface area (TPSA) is 109 Å². The van der Waals surface area contributed by atoms with Gasteiger partial charge in [0, 0.05) is 6.42 Å². The van der Waals surface area contributed by atoms with Crippen LogP contribution in [0.1, 0.15) is 18.4 Å². The van der Waals surface area contributed by atoms with E-state index in [9.17, 15) is 23.2 Å². The monoisotopic (exact) mass is 300 g/mol. The number of nitrogens with two attached hydrogens (primary N) is 1. The Hall–Kier alpha value is -2.51. The van der Waals surface area contributed by atoms with Gasteiger partial charge < -0.3 is 16.2 Å². The molecule has 0 aromatic heterocycles. The average Bonchev–Trinajstić information content (AvgIpc) is 2.38. The maximum absolute atomic E-state index is 13.0. The first-order chi connectivity index (χ1) is 9.79. The Morgan fingerprint density at radius 3 is 2.43 bits per heavy atom. The summed E-state index contributed by atoms with van der Waals surface area (Å²) in [4.78, 5) is 33.2. The normalized spacial score (nSPS) is 11.7. The molecule has 0 aliphatic heterocycles. The van der Waals surface area contributed by atoms with Crippen LogP contribution in [0.4, 0.5) is 8.78 Å². The largest absolute Gasteiger partial charge is 0.480 e. The lowest BCUT2D eigenvalue weighted by atomic mass is 10.1. The molecule has 0 aliphatic rings. The van der Waals surface area contributed by atoms with E-state index in [0.717, 1.165) is 12.1 Å². The molecule has 114 valence electrons. The number of carboxylic acids is 1. The zero-order valence-electron chi connectivity index (χ0n) is 10.9. The third-order valence-corrected chi connectivity index (χ3v) is 2.66. The molecular formula is C13H14F2N2O4. The van der Waals surface area contributed by atoms with Gasteiger partial charge in [-0.2, -0.15) is 0 Å². The number of carbonyl (C=O) groups is 3. The summed E-state index contributed by atoms with van der Waals surface area (Å²) in [5.41, 5.74) is 5.10. The number of carboxylic acid groups (broad SMARTS) is 1. The lowest BCUT2D eigenvalue weighted by molar-refractivity contribution is -0.142. The van der Waals surface area contributed by atoms with Crippen molar-refractivity contribution < 1.29 is 28.3 Å². The Kier molecular flexibility index (Phi) is 5.77. The fraction of sp³-hybridized carbons (Fsp3) is 0.308. The molecule has 0 spiro atoms. The van der Waals surface area contributed by atoms with Crippen molar-refractivity contribution >= 4 is 17.8 Å². The molecular weight excluding hydrogens is 286 g/mol. The summed E-state index contributed by atoms with van der Waals surface area (Å²) < 4.78 is 25.7. The molecule has 8 heteroatoms. The van der Waals surface area contributed by atoms with E-state index < -0.39 is 35.5 Å².